The fourth-order valence-electron chi connectivity index (χ4n) is 2.76. The predicted molar refractivity (Wildman–Crippen MR) is 90.3 cm³/mol. The van der Waals surface area contributed by atoms with Gasteiger partial charge in [-0.25, -0.2) is 9.97 Å². The van der Waals surface area contributed by atoms with Crippen molar-refractivity contribution < 1.29 is 9.53 Å². The first-order valence-electron chi connectivity index (χ1n) is 7.93. The van der Waals surface area contributed by atoms with E-state index in [0.29, 0.717) is 38.4 Å². The van der Waals surface area contributed by atoms with Gasteiger partial charge in [0.2, 0.25) is 0 Å². The van der Waals surface area contributed by atoms with Crippen LogP contribution < -0.4 is 4.74 Å². The summed E-state index contributed by atoms with van der Waals surface area (Å²) >= 11 is 1.47. The van der Waals surface area contributed by atoms with Crippen LogP contribution in [-0.4, -0.2) is 48.6 Å². The highest BCUT2D eigenvalue weighted by atomic mass is 32.1. The molecule has 0 radical (unpaired) electrons. The molecule has 0 spiro atoms. The molecule has 1 amide bonds. The average Bonchev–Trinajstić information content (AvgIpc) is 3.26. The summed E-state index contributed by atoms with van der Waals surface area (Å²) in [6.45, 7) is 2.22. The van der Waals surface area contributed by atoms with E-state index in [0.717, 1.165) is 16.5 Å². The van der Waals surface area contributed by atoms with Crippen LogP contribution in [0.15, 0.2) is 36.2 Å². The van der Waals surface area contributed by atoms with Crippen molar-refractivity contribution in [2.24, 2.45) is 0 Å². The van der Waals surface area contributed by atoms with Gasteiger partial charge in [-0.1, -0.05) is 6.07 Å². The van der Waals surface area contributed by atoms with Crippen molar-refractivity contribution in [3.63, 3.8) is 0 Å². The van der Waals surface area contributed by atoms with E-state index in [-0.39, 0.29) is 5.91 Å². The lowest BCUT2D eigenvalue weighted by molar-refractivity contribution is 0.0763. The summed E-state index contributed by atoms with van der Waals surface area (Å²) in [5, 5.41) is 10.4. The number of carbonyl (C=O) groups is 1. The van der Waals surface area contributed by atoms with E-state index >= 15 is 0 Å². The maximum Gasteiger partial charge on any atom is 0.263 e. The van der Waals surface area contributed by atoms with Crippen molar-refractivity contribution in [3.05, 3.63) is 52.8 Å². The van der Waals surface area contributed by atoms with Gasteiger partial charge in [-0.15, -0.1) is 21.5 Å². The van der Waals surface area contributed by atoms with E-state index in [1.807, 2.05) is 27.0 Å². The molecule has 0 bridgehead atoms. The fourth-order valence-corrected chi connectivity index (χ4v) is 3.45. The maximum atomic E-state index is 12.5. The van der Waals surface area contributed by atoms with Crippen molar-refractivity contribution >= 4 is 17.2 Å². The molecule has 1 aliphatic heterocycles. The molecule has 3 aromatic rings. The summed E-state index contributed by atoms with van der Waals surface area (Å²) in [5.74, 6) is 2.28. The zero-order valence-electron chi connectivity index (χ0n) is 13.4. The Hall–Kier alpha value is -2.81. The average molecular weight is 356 g/mol. The molecule has 0 N–H and O–H groups in total. The monoisotopic (exact) mass is 356 g/mol. The minimum atomic E-state index is 0.0768. The summed E-state index contributed by atoms with van der Waals surface area (Å²) in [4.78, 5) is 23.0. The second kappa shape index (κ2) is 6.98. The van der Waals surface area contributed by atoms with E-state index in [2.05, 4.69) is 20.2 Å². The molecule has 4 heterocycles. The van der Waals surface area contributed by atoms with Crippen molar-refractivity contribution in [1.29, 1.82) is 0 Å². The van der Waals surface area contributed by atoms with Crippen molar-refractivity contribution in [3.8, 4) is 5.75 Å². The summed E-state index contributed by atoms with van der Waals surface area (Å²) < 4.78 is 7.70. The van der Waals surface area contributed by atoms with E-state index in [9.17, 15) is 4.79 Å². The summed E-state index contributed by atoms with van der Waals surface area (Å²) in [6.07, 6.45) is 5.34. The van der Waals surface area contributed by atoms with Gasteiger partial charge in [0.25, 0.3) is 5.91 Å². The molecule has 3 aromatic heterocycles. The van der Waals surface area contributed by atoms with Gasteiger partial charge in [0.1, 0.15) is 18.8 Å². The van der Waals surface area contributed by atoms with Gasteiger partial charge in [-0.3, -0.25) is 4.79 Å². The molecule has 0 unspecified atom stereocenters. The lowest BCUT2D eigenvalue weighted by atomic mass is 10.3. The highest BCUT2D eigenvalue weighted by Gasteiger charge is 2.23. The van der Waals surface area contributed by atoms with Crippen LogP contribution in [-0.2, 0) is 19.6 Å². The minimum Gasteiger partial charge on any atom is -0.482 e. The third-order valence-corrected chi connectivity index (χ3v) is 4.88. The smallest absolute Gasteiger partial charge is 0.263 e. The Kier molecular flexibility index (Phi) is 4.38. The maximum absolute atomic E-state index is 12.5. The Labute approximate surface area is 148 Å². The molecule has 0 saturated carbocycles. The molecule has 0 aliphatic carbocycles. The number of aromatic nitrogens is 5. The lowest BCUT2D eigenvalue weighted by Gasteiger charge is -2.19. The third kappa shape index (κ3) is 3.36. The Bertz CT molecular complexity index is 849. The minimum absolute atomic E-state index is 0.0768. The van der Waals surface area contributed by atoms with Crippen LogP contribution in [0, 0.1) is 0 Å². The van der Waals surface area contributed by atoms with Gasteiger partial charge in [-0.05, 0) is 11.4 Å². The molecule has 4 rings (SSSR count). The number of hydrogen-bond acceptors (Lipinski definition) is 7. The molecular weight excluding hydrogens is 340 g/mol. The van der Waals surface area contributed by atoms with Crippen LogP contribution in [0.25, 0.3) is 0 Å². The van der Waals surface area contributed by atoms with Crippen LogP contribution in [0.3, 0.4) is 0 Å². The molecule has 9 heteroatoms. The first-order valence-corrected chi connectivity index (χ1v) is 8.81. The Morgan fingerprint density at radius 1 is 1.20 bits per heavy atom. The summed E-state index contributed by atoms with van der Waals surface area (Å²) in [7, 11) is 0. The standard InChI is InChI=1S/C16H16N6O2S/c23-16(13-2-1-7-25-13)21-4-3-14-19-20-15(22(14)6-5-21)10-24-12-8-17-11-18-9-12/h1-2,7-9,11H,3-6,10H2. The van der Waals surface area contributed by atoms with Crippen LogP contribution in [0.4, 0.5) is 0 Å². The van der Waals surface area contributed by atoms with Crippen molar-refractivity contribution in [2.45, 2.75) is 19.6 Å². The zero-order chi connectivity index (χ0) is 17.1. The number of amides is 1. The fraction of sp³-hybridized carbons (Fsp3) is 0.312. The van der Waals surface area contributed by atoms with Gasteiger partial charge in [0.15, 0.2) is 11.6 Å². The van der Waals surface area contributed by atoms with Crippen LogP contribution in [0.2, 0.25) is 0 Å². The number of rotatable bonds is 4. The second-order valence-electron chi connectivity index (χ2n) is 5.57. The number of hydrogen-bond donors (Lipinski definition) is 0. The molecule has 128 valence electrons. The normalized spacial score (nSPS) is 14.0. The highest BCUT2D eigenvalue weighted by molar-refractivity contribution is 7.12. The Balaban J connectivity index is 1.44. The zero-order valence-corrected chi connectivity index (χ0v) is 14.2. The number of fused-ring (bicyclic) bond motifs is 1. The van der Waals surface area contributed by atoms with Gasteiger partial charge in [0, 0.05) is 26.1 Å². The van der Waals surface area contributed by atoms with Crippen LogP contribution >= 0.6 is 11.3 Å². The second-order valence-corrected chi connectivity index (χ2v) is 6.51. The molecular formula is C16H16N6O2S. The Morgan fingerprint density at radius 3 is 2.88 bits per heavy atom. The van der Waals surface area contributed by atoms with Gasteiger partial charge in [-0.2, -0.15) is 0 Å². The summed E-state index contributed by atoms with van der Waals surface area (Å²) in [6, 6.07) is 3.76. The molecule has 8 nitrogen and oxygen atoms in total. The van der Waals surface area contributed by atoms with E-state index in [4.69, 9.17) is 4.74 Å². The quantitative estimate of drug-likeness (QED) is 0.702. The number of thiophene rings is 1. The highest BCUT2D eigenvalue weighted by Crippen LogP contribution is 2.16. The van der Waals surface area contributed by atoms with Crippen molar-refractivity contribution in [2.75, 3.05) is 13.1 Å². The molecule has 0 fully saturated rings. The molecule has 0 saturated heterocycles. The Morgan fingerprint density at radius 2 is 2.08 bits per heavy atom. The number of nitrogens with zero attached hydrogens (tertiary/aromatic N) is 6. The number of ether oxygens (including phenoxy) is 1. The largest absolute Gasteiger partial charge is 0.482 e. The SMILES string of the molecule is O=C(c1cccs1)N1CCc2nnc(COc3cncnc3)n2CC1. The topological polar surface area (TPSA) is 86.0 Å². The van der Waals surface area contributed by atoms with Crippen molar-refractivity contribution in [1.82, 2.24) is 29.6 Å². The van der Waals surface area contributed by atoms with E-state index in [1.165, 1.54) is 17.7 Å². The van der Waals surface area contributed by atoms with E-state index in [1.54, 1.807) is 12.4 Å². The van der Waals surface area contributed by atoms with Gasteiger partial charge >= 0.3 is 0 Å². The van der Waals surface area contributed by atoms with Crippen LogP contribution in [0.5, 0.6) is 5.75 Å². The van der Waals surface area contributed by atoms with Gasteiger partial charge < -0.3 is 14.2 Å². The molecule has 1 aliphatic rings. The van der Waals surface area contributed by atoms with Crippen LogP contribution in [0.1, 0.15) is 21.3 Å². The lowest BCUT2D eigenvalue weighted by Crippen LogP contribution is -2.33. The first-order chi connectivity index (χ1) is 12.3. The first kappa shape index (κ1) is 15.7. The molecule has 25 heavy (non-hydrogen) atoms. The number of carbonyl (C=O) groups excluding carboxylic acids is 1. The van der Waals surface area contributed by atoms with Gasteiger partial charge in [0.05, 0.1) is 17.3 Å². The molecule has 0 aromatic carbocycles. The summed E-state index contributed by atoms with van der Waals surface area (Å²) in [5.41, 5.74) is 0. The van der Waals surface area contributed by atoms with E-state index < -0.39 is 0 Å². The third-order valence-electron chi connectivity index (χ3n) is 4.03. The predicted octanol–water partition coefficient (Wildman–Crippen LogP) is 1.41. The molecule has 0 atom stereocenters.